The third kappa shape index (κ3) is 3.91. The Kier molecular flexibility index (Phi) is 4.84. The largest absolute Gasteiger partial charge is 0.312 e. The van der Waals surface area contributed by atoms with E-state index < -0.39 is 9.84 Å². The van der Waals surface area contributed by atoms with Gasteiger partial charge in [-0.1, -0.05) is 6.07 Å². The molecule has 5 heterocycles. The highest BCUT2D eigenvalue weighted by Crippen LogP contribution is 2.35. The molecular formula is C20H27N5O3S. The number of rotatable bonds is 4. The van der Waals surface area contributed by atoms with Gasteiger partial charge < -0.3 is 4.57 Å². The zero-order valence-electron chi connectivity index (χ0n) is 16.5. The molecule has 0 unspecified atom stereocenters. The van der Waals surface area contributed by atoms with Gasteiger partial charge in [-0.2, -0.15) is 5.10 Å². The number of nitrogens with one attached hydrogen (secondary N) is 1. The predicted molar refractivity (Wildman–Crippen MR) is 109 cm³/mol. The molecule has 8 nitrogen and oxygen atoms in total. The summed E-state index contributed by atoms with van der Waals surface area (Å²) in [6.07, 6.45) is 2.93. The van der Waals surface area contributed by atoms with E-state index in [1.54, 1.807) is 6.20 Å². The molecule has 2 saturated heterocycles. The Hall–Kier alpha value is -1.97. The highest BCUT2D eigenvalue weighted by atomic mass is 32.2. The molecule has 9 heteroatoms. The summed E-state index contributed by atoms with van der Waals surface area (Å²) in [7, 11) is -2.90. The monoisotopic (exact) mass is 417 g/mol. The molecule has 5 rings (SSSR count). The summed E-state index contributed by atoms with van der Waals surface area (Å²) in [6.45, 7) is 5.15. The van der Waals surface area contributed by atoms with Gasteiger partial charge in [0, 0.05) is 74.9 Å². The molecule has 0 aromatic carbocycles. The van der Waals surface area contributed by atoms with Crippen molar-refractivity contribution in [2.24, 2.45) is 5.92 Å². The fourth-order valence-corrected chi connectivity index (χ4v) is 6.38. The number of nitrogens with zero attached hydrogens (tertiary/aromatic N) is 4. The third-order valence-electron chi connectivity index (χ3n) is 6.54. The fourth-order valence-electron chi connectivity index (χ4n) is 5.10. The Morgan fingerprint density at radius 3 is 2.62 bits per heavy atom. The summed E-state index contributed by atoms with van der Waals surface area (Å²) >= 11 is 0. The standard InChI is InChI=1S/C20H27N5O3S/c26-20-16(12-23-5-7-29(27,28)8-6-23)1-2-19-17-9-15(11-25(19)20)10-24(13-17)14-18-3-4-21-22-18/h1-4,15,17H,5-14H2,(H,21,22)/t15-,17+/m0/s1. The van der Waals surface area contributed by atoms with Gasteiger partial charge in [0.05, 0.1) is 11.5 Å². The van der Waals surface area contributed by atoms with Crippen LogP contribution in [0.25, 0.3) is 0 Å². The number of hydrogen-bond donors (Lipinski definition) is 1. The SMILES string of the molecule is O=c1c(CN2CCS(=O)(=O)CC2)ccc2n1C[C@H]1C[C@@H]2CN(Cc2ccn[nH]2)C1. The summed E-state index contributed by atoms with van der Waals surface area (Å²) in [4.78, 5) is 17.7. The maximum atomic E-state index is 13.2. The summed E-state index contributed by atoms with van der Waals surface area (Å²) in [5.41, 5.74) is 3.15. The Morgan fingerprint density at radius 1 is 1.03 bits per heavy atom. The minimum atomic E-state index is -2.90. The van der Waals surface area contributed by atoms with Crippen molar-refractivity contribution in [2.75, 3.05) is 37.7 Å². The van der Waals surface area contributed by atoms with Crippen molar-refractivity contribution in [3.8, 4) is 0 Å². The van der Waals surface area contributed by atoms with Crippen molar-refractivity contribution in [1.29, 1.82) is 0 Å². The molecule has 0 radical (unpaired) electrons. The molecule has 3 aliphatic rings. The number of fused-ring (bicyclic) bond motifs is 4. The number of piperidine rings is 1. The first-order valence-corrected chi connectivity index (χ1v) is 12.1. The number of sulfone groups is 1. The van der Waals surface area contributed by atoms with Gasteiger partial charge in [0.15, 0.2) is 9.84 Å². The van der Waals surface area contributed by atoms with E-state index in [2.05, 4.69) is 26.1 Å². The average Bonchev–Trinajstić information content (AvgIpc) is 3.19. The van der Waals surface area contributed by atoms with Gasteiger partial charge in [-0.15, -0.1) is 0 Å². The molecule has 0 amide bonds. The van der Waals surface area contributed by atoms with Crippen LogP contribution in [-0.2, 0) is 29.5 Å². The zero-order chi connectivity index (χ0) is 20.0. The van der Waals surface area contributed by atoms with Crippen LogP contribution >= 0.6 is 0 Å². The van der Waals surface area contributed by atoms with Crippen LogP contribution in [0.2, 0.25) is 0 Å². The van der Waals surface area contributed by atoms with Crippen LogP contribution < -0.4 is 5.56 Å². The zero-order valence-corrected chi connectivity index (χ0v) is 17.3. The predicted octanol–water partition coefficient (Wildman–Crippen LogP) is 0.421. The van der Waals surface area contributed by atoms with E-state index in [0.717, 1.165) is 49.6 Å². The molecule has 2 atom stereocenters. The minimum Gasteiger partial charge on any atom is -0.312 e. The Balaban J connectivity index is 1.32. The molecular weight excluding hydrogens is 390 g/mol. The molecule has 1 N–H and O–H groups in total. The minimum absolute atomic E-state index is 0.104. The first-order valence-electron chi connectivity index (χ1n) is 10.3. The van der Waals surface area contributed by atoms with E-state index >= 15 is 0 Å². The number of pyridine rings is 1. The van der Waals surface area contributed by atoms with E-state index in [9.17, 15) is 13.2 Å². The number of H-pyrrole nitrogens is 1. The molecule has 2 aromatic rings. The normalized spacial score (nSPS) is 26.9. The summed E-state index contributed by atoms with van der Waals surface area (Å²) in [5, 5.41) is 7.08. The van der Waals surface area contributed by atoms with Crippen molar-refractivity contribution < 1.29 is 8.42 Å². The summed E-state index contributed by atoms with van der Waals surface area (Å²) in [6, 6.07) is 6.10. The van der Waals surface area contributed by atoms with Crippen LogP contribution in [0.5, 0.6) is 0 Å². The molecule has 156 valence electrons. The van der Waals surface area contributed by atoms with Gasteiger partial charge >= 0.3 is 0 Å². The van der Waals surface area contributed by atoms with E-state index in [1.165, 1.54) is 0 Å². The van der Waals surface area contributed by atoms with Gasteiger partial charge in [0.1, 0.15) is 0 Å². The van der Waals surface area contributed by atoms with Crippen molar-refractivity contribution in [3.05, 3.63) is 51.7 Å². The number of aromatic nitrogens is 3. The van der Waals surface area contributed by atoms with Crippen molar-refractivity contribution >= 4 is 9.84 Å². The molecule has 2 fully saturated rings. The Bertz CT molecular complexity index is 1030. The van der Waals surface area contributed by atoms with Gasteiger partial charge in [0.2, 0.25) is 0 Å². The smallest absolute Gasteiger partial charge is 0.255 e. The molecule has 3 aliphatic heterocycles. The van der Waals surface area contributed by atoms with E-state index in [-0.39, 0.29) is 17.1 Å². The lowest BCUT2D eigenvalue weighted by Crippen LogP contribution is -2.47. The summed E-state index contributed by atoms with van der Waals surface area (Å²) in [5.74, 6) is 1.25. The number of aromatic amines is 1. The molecule has 2 aromatic heterocycles. The number of hydrogen-bond acceptors (Lipinski definition) is 6. The lowest BCUT2D eigenvalue weighted by atomic mass is 9.83. The Labute approximate surface area is 170 Å². The van der Waals surface area contributed by atoms with Crippen LogP contribution in [-0.4, -0.2) is 70.7 Å². The van der Waals surface area contributed by atoms with Crippen LogP contribution in [0.4, 0.5) is 0 Å². The lowest BCUT2D eigenvalue weighted by molar-refractivity contribution is 0.113. The highest BCUT2D eigenvalue weighted by Gasteiger charge is 2.35. The second kappa shape index (κ2) is 7.37. The molecule has 0 spiro atoms. The van der Waals surface area contributed by atoms with Gasteiger partial charge in [-0.3, -0.25) is 19.7 Å². The van der Waals surface area contributed by atoms with Crippen LogP contribution in [0.15, 0.2) is 29.2 Å². The topological polar surface area (TPSA) is 91.3 Å². The average molecular weight is 418 g/mol. The van der Waals surface area contributed by atoms with Gasteiger partial charge in [0.25, 0.3) is 5.56 Å². The molecule has 29 heavy (non-hydrogen) atoms. The maximum Gasteiger partial charge on any atom is 0.255 e. The second-order valence-electron chi connectivity index (χ2n) is 8.70. The van der Waals surface area contributed by atoms with Crippen molar-refractivity contribution in [3.63, 3.8) is 0 Å². The molecule has 0 aliphatic carbocycles. The van der Waals surface area contributed by atoms with Gasteiger partial charge in [-0.05, 0) is 24.5 Å². The van der Waals surface area contributed by atoms with Crippen LogP contribution in [0, 0.1) is 5.92 Å². The first kappa shape index (κ1) is 19.0. The highest BCUT2D eigenvalue weighted by molar-refractivity contribution is 7.91. The van der Waals surface area contributed by atoms with Crippen LogP contribution in [0.3, 0.4) is 0 Å². The molecule has 2 bridgehead atoms. The van der Waals surface area contributed by atoms with E-state index in [1.807, 2.05) is 16.7 Å². The van der Waals surface area contributed by atoms with E-state index in [0.29, 0.717) is 31.5 Å². The third-order valence-corrected chi connectivity index (χ3v) is 8.15. The lowest BCUT2D eigenvalue weighted by Gasteiger charge is -2.43. The van der Waals surface area contributed by atoms with Crippen LogP contribution in [0.1, 0.15) is 29.3 Å². The second-order valence-corrected chi connectivity index (χ2v) is 11.0. The molecule has 0 saturated carbocycles. The maximum absolute atomic E-state index is 13.2. The van der Waals surface area contributed by atoms with Crippen molar-refractivity contribution in [2.45, 2.75) is 32.0 Å². The quantitative estimate of drug-likeness (QED) is 0.775. The van der Waals surface area contributed by atoms with Crippen molar-refractivity contribution in [1.82, 2.24) is 24.6 Å². The van der Waals surface area contributed by atoms with Gasteiger partial charge in [-0.25, -0.2) is 8.42 Å². The Morgan fingerprint density at radius 2 is 1.86 bits per heavy atom. The fraction of sp³-hybridized carbons (Fsp3) is 0.600. The first-order chi connectivity index (χ1) is 14.0. The summed E-state index contributed by atoms with van der Waals surface area (Å²) < 4.78 is 25.3. The number of likely N-dealkylation sites (tertiary alicyclic amines) is 1. The van der Waals surface area contributed by atoms with E-state index in [4.69, 9.17) is 0 Å².